The molecule has 0 aliphatic rings. The van der Waals surface area contributed by atoms with E-state index in [4.69, 9.17) is 0 Å². The maximum Gasteiger partial charge on any atom is 0.266 e. The van der Waals surface area contributed by atoms with Crippen molar-refractivity contribution in [3.8, 4) is 0 Å². The standard InChI is InChI=1S/C15H14F2N2O3S/c1-10(11-4-6-18-7-5-11)8-15(20)19-23(21,22)14-3-2-12(16)9-13(14)17/h2-7,9-10H,8H2,1H3,(H,19,20)/t10-/m0/s1. The highest BCUT2D eigenvalue weighted by atomic mass is 32.2. The lowest BCUT2D eigenvalue weighted by Crippen LogP contribution is -2.31. The van der Waals surface area contributed by atoms with Gasteiger partial charge in [-0.05, 0) is 35.7 Å². The number of hydrogen-bond acceptors (Lipinski definition) is 4. The van der Waals surface area contributed by atoms with Crippen molar-refractivity contribution in [1.82, 2.24) is 9.71 Å². The van der Waals surface area contributed by atoms with Gasteiger partial charge in [0.05, 0.1) is 0 Å². The molecule has 0 unspecified atom stereocenters. The Balaban J connectivity index is 2.10. The van der Waals surface area contributed by atoms with Crippen molar-refractivity contribution in [2.75, 3.05) is 0 Å². The third-order valence-electron chi connectivity index (χ3n) is 3.20. The van der Waals surface area contributed by atoms with Gasteiger partial charge in [-0.15, -0.1) is 0 Å². The Morgan fingerprint density at radius 3 is 2.48 bits per heavy atom. The molecule has 1 N–H and O–H groups in total. The molecule has 0 bridgehead atoms. The quantitative estimate of drug-likeness (QED) is 0.906. The lowest BCUT2D eigenvalue weighted by atomic mass is 9.99. The third-order valence-corrected chi connectivity index (χ3v) is 4.60. The first-order valence-corrected chi connectivity index (χ1v) is 8.18. The van der Waals surface area contributed by atoms with E-state index in [0.717, 1.165) is 17.7 Å². The van der Waals surface area contributed by atoms with Gasteiger partial charge < -0.3 is 0 Å². The molecule has 2 rings (SSSR count). The highest BCUT2D eigenvalue weighted by Gasteiger charge is 2.23. The minimum atomic E-state index is -4.39. The van der Waals surface area contributed by atoms with E-state index in [-0.39, 0.29) is 12.3 Å². The molecule has 0 saturated carbocycles. The molecule has 5 nitrogen and oxygen atoms in total. The van der Waals surface area contributed by atoms with Crippen molar-refractivity contribution >= 4 is 15.9 Å². The van der Waals surface area contributed by atoms with Crippen LogP contribution in [0.5, 0.6) is 0 Å². The van der Waals surface area contributed by atoms with Crippen molar-refractivity contribution in [1.29, 1.82) is 0 Å². The zero-order valence-electron chi connectivity index (χ0n) is 12.2. The molecule has 1 atom stereocenters. The summed E-state index contributed by atoms with van der Waals surface area (Å²) in [5.41, 5.74) is 0.820. The number of halogens is 2. The van der Waals surface area contributed by atoms with E-state index >= 15 is 0 Å². The molecule has 1 heterocycles. The van der Waals surface area contributed by atoms with Crippen LogP contribution in [-0.2, 0) is 14.8 Å². The van der Waals surface area contributed by atoms with Crippen LogP contribution < -0.4 is 4.72 Å². The van der Waals surface area contributed by atoms with Crippen LogP contribution in [0.2, 0.25) is 0 Å². The van der Waals surface area contributed by atoms with Crippen LogP contribution in [0, 0.1) is 11.6 Å². The summed E-state index contributed by atoms with van der Waals surface area (Å²) in [6.07, 6.45) is 3.02. The smallest absolute Gasteiger partial charge is 0.266 e. The van der Waals surface area contributed by atoms with Crippen molar-refractivity contribution in [2.45, 2.75) is 24.2 Å². The fourth-order valence-electron chi connectivity index (χ4n) is 2.03. The number of amides is 1. The number of hydrogen-bond donors (Lipinski definition) is 1. The van der Waals surface area contributed by atoms with Crippen LogP contribution in [0.15, 0.2) is 47.6 Å². The molecule has 0 aliphatic heterocycles. The predicted octanol–water partition coefficient (Wildman–Crippen LogP) is 2.36. The first kappa shape index (κ1) is 17.0. The maximum absolute atomic E-state index is 13.5. The normalized spacial score (nSPS) is 12.7. The van der Waals surface area contributed by atoms with Crippen molar-refractivity contribution < 1.29 is 22.0 Å². The summed E-state index contributed by atoms with van der Waals surface area (Å²) in [6.45, 7) is 1.75. The van der Waals surface area contributed by atoms with Crippen LogP contribution in [0.25, 0.3) is 0 Å². The molecule has 0 radical (unpaired) electrons. The number of sulfonamides is 1. The molecule has 1 aromatic heterocycles. The minimum Gasteiger partial charge on any atom is -0.274 e. The Bertz CT molecular complexity index is 811. The van der Waals surface area contributed by atoms with E-state index in [2.05, 4.69) is 4.98 Å². The Kier molecular flexibility index (Phi) is 5.05. The number of nitrogens with zero attached hydrogens (tertiary/aromatic N) is 1. The second kappa shape index (κ2) is 6.82. The Morgan fingerprint density at radius 1 is 1.22 bits per heavy atom. The number of rotatable bonds is 5. The fourth-order valence-corrected chi connectivity index (χ4v) is 3.08. The predicted molar refractivity (Wildman–Crippen MR) is 79.0 cm³/mol. The van der Waals surface area contributed by atoms with Crippen molar-refractivity contribution in [2.24, 2.45) is 0 Å². The van der Waals surface area contributed by atoms with Crippen LogP contribution in [0.3, 0.4) is 0 Å². The maximum atomic E-state index is 13.5. The van der Waals surface area contributed by atoms with E-state index < -0.39 is 32.5 Å². The highest BCUT2D eigenvalue weighted by Crippen LogP contribution is 2.19. The number of pyridine rings is 1. The first-order chi connectivity index (χ1) is 10.8. The van der Waals surface area contributed by atoms with Crippen molar-refractivity contribution in [3.05, 3.63) is 59.9 Å². The second-order valence-corrected chi connectivity index (χ2v) is 6.64. The molecular formula is C15H14F2N2O3S. The van der Waals surface area contributed by atoms with Gasteiger partial charge in [-0.3, -0.25) is 9.78 Å². The van der Waals surface area contributed by atoms with Gasteiger partial charge in [0.15, 0.2) is 0 Å². The summed E-state index contributed by atoms with van der Waals surface area (Å²) in [4.78, 5) is 15.0. The van der Waals surface area contributed by atoms with Crippen molar-refractivity contribution in [3.63, 3.8) is 0 Å². The fraction of sp³-hybridized carbons (Fsp3) is 0.200. The lowest BCUT2D eigenvalue weighted by Gasteiger charge is -2.12. The van der Waals surface area contributed by atoms with Gasteiger partial charge in [0.1, 0.15) is 16.5 Å². The van der Waals surface area contributed by atoms with Gasteiger partial charge >= 0.3 is 0 Å². The second-order valence-electron chi connectivity index (χ2n) is 4.99. The van der Waals surface area contributed by atoms with Gasteiger partial charge in [-0.1, -0.05) is 6.92 Å². The van der Waals surface area contributed by atoms with E-state index in [9.17, 15) is 22.0 Å². The summed E-state index contributed by atoms with van der Waals surface area (Å²) in [5.74, 6) is -3.18. The zero-order valence-corrected chi connectivity index (χ0v) is 13.0. The largest absolute Gasteiger partial charge is 0.274 e. The average molecular weight is 340 g/mol. The van der Waals surface area contributed by atoms with Crippen LogP contribution in [-0.4, -0.2) is 19.3 Å². The molecule has 1 aromatic carbocycles. The van der Waals surface area contributed by atoms with E-state index in [1.165, 1.54) is 0 Å². The Hall–Kier alpha value is -2.35. The van der Waals surface area contributed by atoms with Gasteiger partial charge in [0, 0.05) is 24.9 Å². The van der Waals surface area contributed by atoms with Gasteiger partial charge in [0.2, 0.25) is 5.91 Å². The molecule has 1 amide bonds. The SMILES string of the molecule is C[C@@H](CC(=O)NS(=O)(=O)c1ccc(F)cc1F)c1ccncc1. The first-order valence-electron chi connectivity index (χ1n) is 6.70. The molecular weight excluding hydrogens is 326 g/mol. The Labute approximate surface area is 132 Å². The monoisotopic (exact) mass is 340 g/mol. The molecule has 8 heteroatoms. The lowest BCUT2D eigenvalue weighted by molar-refractivity contribution is -0.119. The van der Waals surface area contributed by atoms with E-state index in [1.807, 2.05) is 0 Å². The molecule has 0 fully saturated rings. The molecule has 0 aliphatic carbocycles. The molecule has 122 valence electrons. The zero-order chi connectivity index (χ0) is 17.0. The number of benzene rings is 1. The van der Waals surface area contributed by atoms with Crippen LogP contribution in [0.4, 0.5) is 8.78 Å². The van der Waals surface area contributed by atoms with Gasteiger partial charge in [-0.25, -0.2) is 21.9 Å². The van der Waals surface area contributed by atoms with Gasteiger partial charge in [-0.2, -0.15) is 0 Å². The number of carbonyl (C=O) groups is 1. The van der Waals surface area contributed by atoms with Crippen LogP contribution >= 0.6 is 0 Å². The molecule has 23 heavy (non-hydrogen) atoms. The summed E-state index contributed by atoms with van der Waals surface area (Å²) in [5, 5.41) is 0. The van der Waals surface area contributed by atoms with E-state index in [0.29, 0.717) is 6.07 Å². The Morgan fingerprint density at radius 2 is 1.87 bits per heavy atom. The van der Waals surface area contributed by atoms with Gasteiger partial charge in [0.25, 0.3) is 10.0 Å². The number of nitrogens with one attached hydrogen (secondary N) is 1. The average Bonchev–Trinajstić information content (AvgIpc) is 2.46. The summed E-state index contributed by atoms with van der Waals surface area (Å²) in [7, 11) is -4.39. The minimum absolute atomic E-state index is 0.105. The summed E-state index contributed by atoms with van der Waals surface area (Å²) in [6, 6.07) is 5.45. The van der Waals surface area contributed by atoms with E-state index in [1.54, 1.807) is 36.2 Å². The summed E-state index contributed by atoms with van der Waals surface area (Å²) >= 11 is 0. The molecule has 0 saturated heterocycles. The third kappa shape index (κ3) is 4.32. The highest BCUT2D eigenvalue weighted by molar-refractivity contribution is 7.90. The molecule has 0 spiro atoms. The number of aromatic nitrogens is 1. The topological polar surface area (TPSA) is 76.1 Å². The summed E-state index contributed by atoms with van der Waals surface area (Å²) < 4.78 is 52.1. The van der Waals surface area contributed by atoms with Crippen LogP contribution in [0.1, 0.15) is 24.8 Å². The molecule has 2 aromatic rings. The number of carbonyl (C=O) groups excluding carboxylic acids is 1.